The van der Waals surface area contributed by atoms with Crippen LogP contribution in [-0.4, -0.2) is 48.1 Å². The molecule has 0 aliphatic carbocycles. The number of hydrogen-bond acceptors (Lipinski definition) is 4. The first-order valence-electron chi connectivity index (χ1n) is 6.41. The molecule has 2 rings (SSSR count). The fraction of sp³-hybridized carbons (Fsp3) is 0.538. The fourth-order valence-electron chi connectivity index (χ4n) is 2.13. The van der Waals surface area contributed by atoms with Gasteiger partial charge in [0, 0.05) is 19.7 Å². The zero-order valence-corrected chi connectivity index (χ0v) is 11.5. The van der Waals surface area contributed by atoms with Crippen LogP contribution in [0.4, 0.5) is 0 Å². The molecule has 0 aromatic carbocycles. The molecule has 0 radical (unpaired) electrons. The third-order valence-corrected chi connectivity index (χ3v) is 4.24. The Morgan fingerprint density at radius 1 is 1.42 bits per heavy atom. The molecule has 5 nitrogen and oxygen atoms in total. The number of amides is 2. The Morgan fingerprint density at radius 3 is 2.74 bits per heavy atom. The first kappa shape index (κ1) is 14.0. The van der Waals surface area contributed by atoms with Gasteiger partial charge in [0.1, 0.15) is 0 Å². The first-order chi connectivity index (χ1) is 9.20. The van der Waals surface area contributed by atoms with Gasteiger partial charge < -0.3 is 15.3 Å². The van der Waals surface area contributed by atoms with Crippen molar-refractivity contribution in [2.45, 2.75) is 12.8 Å². The van der Waals surface area contributed by atoms with Crippen LogP contribution in [0.5, 0.6) is 0 Å². The molecule has 2 heterocycles. The van der Waals surface area contributed by atoms with Gasteiger partial charge in [-0.15, -0.1) is 11.3 Å². The highest BCUT2D eigenvalue weighted by atomic mass is 32.1. The average molecular weight is 282 g/mol. The highest BCUT2D eigenvalue weighted by molar-refractivity contribution is 7.12. The molecular formula is C13H18N2O3S. The summed E-state index contributed by atoms with van der Waals surface area (Å²) in [6.07, 6.45) is 1.67. The predicted octanol–water partition coefficient (Wildman–Crippen LogP) is 0.709. The number of likely N-dealkylation sites (tertiary alicyclic amines) is 1. The monoisotopic (exact) mass is 282 g/mol. The van der Waals surface area contributed by atoms with Crippen LogP contribution < -0.4 is 5.32 Å². The van der Waals surface area contributed by atoms with Crippen LogP contribution in [0.1, 0.15) is 22.5 Å². The lowest BCUT2D eigenvalue weighted by Gasteiger charge is -2.31. The summed E-state index contributed by atoms with van der Waals surface area (Å²) in [6, 6.07) is 3.54. The minimum absolute atomic E-state index is 0.0422. The van der Waals surface area contributed by atoms with Gasteiger partial charge in [-0.2, -0.15) is 0 Å². The van der Waals surface area contributed by atoms with Crippen molar-refractivity contribution in [3.8, 4) is 0 Å². The third kappa shape index (κ3) is 3.78. The van der Waals surface area contributed by atoms with Gasteiger partial charge in [-0.25, -0.2) is 0 Å². The summed E-state index contributed by atoms with van der Waals surface area (Å²) >= 11 is 1.36. The Balaban J connectivity index is 1.74. The SMILES string of the molecule is O=C(NCC(=O)N1CCC(CO)CC1)c1cccs1. The van der Waals surface area contributed by atoms with Crippen LogP contribution in [0.15, 0.2) is 17.5 Å². The van der Waals surface area contributed by atoms with E-state index >= 15 is 0 Å². The van der Waals surface area contributed by atoms with Crippen molar-refractivity contribution in [2.75, 3.05) is 26.2 Å². The van der Waals surface area contributed by atoms with Crippen molar-refractivity contribution < 1.29 is 14.7 Å². The summed E-state index contributed by atoms with van der Waals surface area (Å²) in [7, 11) is 0. The number of nitrogens with zero attached hydrogens (tertiary/aromatic N) is 1. The predicted molar refractivity (Wildman–Crippen MR) is 73.0 cm³/mol. The van der Waals surface area contributed by atoms with Crippen LogP contribution in [0, 0.1) is 5.92 Å². The Labute approximate surface area is 116 Å². The van der Waals surface area contributed by atoms with E-state index in [1.54, 1.807) is 17.0 Å². The van der Waals surface area contributed by atoms with Crippen molar-refractivity contribution in [3.63, 3.8) is 0 Å². The Bertz CT molecular complexity index is 425. The molecule has 19 heavy (non-hydrogen) atoms. The minimum atomic E-state index is -0.200. The normalized spacial score (nSPS) is 16.4. The number of thiophene rings is 1. The van der Waals surface area contributed by atoms with Gasteiger partial charge in [-0.3, -0.25) is 9.59 Å². The molecule has 1 aromatic heterocycles. The van der Waals surface area contributed by atoms with E-state index in [2.05, 4.69) is 5.32 Å². The molecule has 1 saturated heterocycles. The van der Waals surface area contributed by atoms with E-state index in [9.17, 15) is 9.59 Å². The number of aliphatic hydroxyl groups excluding tert-OH is 1. The largest absolute Gasteiger partial charge is 0.396 e. The van der Waals surface area contributed by atoms with Gasteiger partial charge in [0.25, 0.3) is 5.91 Å². The molecule has 2 N–H and O–H groups in total. The molecule has 2 amide bonds. The maximum absolute atomic E-state index is 11.9. The molecule has 6 heteroatoms. The molecule has 0 atom stereocenters. The maximum Gasteiger partial charge on any atom is 0.261 e. The standard InChI is InChI=1S/C13H18N2O3S/c16-9-10-3-5-15(6-4-10)12(17)8-14-13(18)11-2-1-7-19-11/h1-2,7,10,16H,3-6,8-9H2,(H,14,18). The average Bonchev–Trinajstić information content (AvgIpc) is 2.98. The molecule has 0 saturated carbocycles. The van der Waals surface area contributed by atoms with Crippen molar-refractivity contribution >= 4 is 23.2 Å². The van der Waals surface area contributed by atoms with E-state index in [1.807, 2.05) is 5.38 Å². The van der Waals surface area contributed by atoms with Crippen molar-refractivity contribution in [1.82, 2.24) is 10.2 Å². The molecule has 0 bridgehead atoms. The fourth-order valence-corrected chi connectivity index (χ4v) is 2.77. The van der Waals surface area contributed by atoms with Crippen LogP contribution in [0.2, 0.25) is 0 Å². The number of piperidine rings is 1. The lowest BCUT2D eigenvalue weighted by Crippen LogP contribution is -2.44. The Morgan fingerprint density at radius 2 is 2.16 bits per heavy atom. The molecular weight excluding hydrogens is 264 g/mol. The molecule has 1 aromatic rings. The van der Waals surface area contributed by atoms with Crippen LogP contribution in [-0.2, 0) is 4.79 Å². The summed E-state index contributed by atoms with van der Waals surface area (Å²) in [4.78, 5) is 26.0. The molecule has 1 aliphatic rings. The molecule has 1 fully saturated rings. The van der Waals surface area contributed by atoms with Crippen molar-refractivity contribution in [1.29, 1.82) is 0 Å². The third-order valence-electron chi connectivity index (χ3n) is 3.37. The number of rotatable bonds is 4. The summed E-state index contributed by atoms with van der Waals surface area (Å²) in [6.45, 7) is 1.57. The summed E-state index contributed by atoms with van der Waals surface area (Å²) in [5.41, 5.74) is 0. The highest BCUT2D eigenvalue weighted by Gasteiger charge is 2.22. The number of aliphatic hydroxyl groups is 1. The van der Waals surface area contributed by atoms with Crippen LogP contribution in [0.3, 0.4) is 0 Å². The summed E-state index contributed by atoms with van der Waals surface area (Å²) in [5.74, 6) is 0.0552. The van der Waals surface area contributed by atoms with Gasteiger partial charge >= 0.3 is 0 Å². The second-order valence-corrected chi connectivity index (χ2v) is 5.61. The van der Waals surface area contributed by atoms with Crippen molar-refractivity contribution in [2.24, 2.45) is 5.92 Å². The van der Waals surface area contributed by atoms with E-state index < -0.39 is 0 Å². The topological polar surface area (TPSA) is 69.6 Å². The number of carbonyl (C=O) groups is 2. The second-order valence-electron chi connectivity index (χ2n) is 4.67. The van der Waals surface area contributed by atoms with E-state index in [1.165, 1.54) is 11.3 Å². The highest BCUT2D eigenvalue weighted by Crippen LogP contribution is 2.16. The molecule has 0 unspecified atom stereocenters. The molecule has 104 valence electrons. The molecule has 1 aliphatic heterocycles. The lowest BCUT2D eigenvalue weighted by atomic mass is 9.98. The van der Waals surface area contributed by atoms with Gasteiger partial charge in [-0.05, 0) is 30.2 Å². The van der Waals surface area contributed by atoms with E-state index in [-0.39, 0.29) is 25.0 Å². The zero-order valence-electron chi connectivity index (χ0n) is 10.7. The van der Waals surface area contributed by atoms with E-state index in [0.717, 1.165) is 12.8 Å². The Hall–Kier alpha value is -1.40. The maximum atomic E-state index is 11.9. The lowest BCUT2D eigenvalue weighted by molar-refractivity contribution is -0.131. The second kappa shape index (κ2) is 6.68. The van der Waals surface area contributed by atoms with Crippen LogP contribution in [0.25, 0.3) is 0 Å². The quantitative estimate of drug-likeness (QED) is 0.854. The van der Waals surface area contributed by atoms with Crippen LogP contribution >= 0.6 is 11.3 Å². The Kier molecular flexibility index (Phi) is 4.93. The number of nitrogens with one attached hydrogen (secondary N) is 1. The number of carbonyl (C=O) groups excluding carboxylic acids is 2. The first-order valence-corrected chi connectivity index (χ1v) is 7.29. The van der Waals surface area contributed by atoms with Gasteiger partial charge in [0.15, 0.2) is 0 Å². The summed E-state index contributed by atoms with van der Waals surface area (Å²) in [5, 5.41) is 13.5. The minimum Gasteiger partial charge on any atom is -0.396 e. The van der Waals surface area contributed by atoms with Gasteiger partial charge in [-0.1, -0.05) is 6.07 Å². The smallest absolute Gasteiger partial charge is 0.261 e. The van der Waals surface area contributed by atoms with E-state index in [4.69, 9.17) is 5.11 Å². The van der Waals surface area contributed by atoms with E-state index in [0.29, 0.717) is 23.9 Å². The molecule has 0 spiro atoms. The van der Waals surface area contributed by atoms with Crippen molar-refractivity contribution in [3.05, 3.63) is 22.4 Å². The number of hydrogen-bond donors (Lipinski definition) is 2. The van der Waals surface area contributed by atoms with Gasteiger partial charge in [0.2, 0.25) is 5.91 Å². The summed E-state index contributed by atoms with van der Waals surface area (Å²) < 4.78 is 0. The zero-order chi connectivity index (χ0) is 13.7. The van der Waals surface area contributed by atoms with Gasteiger partial charge in [0.05, 0.1) is 11.4 Å².